The van der Waals surface area contributed by atoms with Crippen molar-refractivity contribution in [3.8, 4) is 0 Å². The summed E-state index contributed by atoms with van der Waals surface area (Å²) in [7, 11) is 1.32. The lowest BCUT2D eigenvalue weighted by atomic mass is 10.1. The Balaban J connectivity index is 2.28. The van der Waals surface area contributed by atoms with Gasteiger partial charge in [-0.2, -0.15) is 0 Å². The number of benzene rings is 2. The fraction of sp³-hybridized carbons (Fsp3) is 0.0588. The maximum absolute atomic E-state index is 12.1. The molecule has 2 aromatic rings. The molecule has 0 N–H and O–H groups in total. The molecule has 0 amide bonds. The number of ketones is 1. The Hall–Kier alpha value is -2.39. The summed E-state index contributed by atoms with van der Waals surface area (Å²) in [6, 6.07) is 13.7. The zero-order valence-corrected chi connectivity index (χ0v) is 12.1. The van der Waals surface area contributed by atoms with Crippen molar-refractivity contribution in [1.82, 2.24) is 0 Å². The molecule has 0 heterocycles. The van der Waals surface area contributed by atoms with Crippen LogP contribution in [0.4, 0.5) is 0 Å². The van der Waals surface area contributed by atoms with Crippen molar-refractivity contribution in [2.45, 2.75) is 0 Å². The smallest absolute Gasteiger partial charge is 0.338 e. The highest BCUT2D eigenvalue weighted by molar-refractivity contribution is 6.34. The standard InChI is InChI=1S/C17H13ClO3/c1-21-17(20)13-7-3-2-6-12(13)10-11-16(19)14-8-4-5-9-15(14)18/h2-11H,1H3/b11-10+. The average molecular weight is 301 g/mol. The van der Waals surface area contributed by atoms with Crippen molar-refractivity contribution < 1.29 is 14.3 Å². The lowest BCUT2D eigenvalue weighted by molar-refractivity contribution is 0.0600. The van der Waals surface area contributed by atoms with Crippen LogP contribution in [0.25, 0.3) is 6.08 Å². The Labute approximate surface area is 127 Å². The van der Waals surface area contributed by atoms with Gasteiger partial charge >= 0.3 is 5.97 Å². The van der Waals surface area contributed by atoms with Crippen molar-refractivity contribution in [2.75, 3.05) is 7.11 Å². The molecule has 106 valence electrons. The highest BCUT2D eigenvalue weighted by Gasteiger charge is 2.10. The molecule has 2 aromatic carbocycles. The minimum atomic E-state index is -0.444. The third-order valence-corrected chi connectivity index (χ3v) is 3.25. The van der Waals surface area contributed by atoms with E-state index in [0.29, 0.717) is 21.7 Å². The van der Waals surface area contributed by atoms with Gasteiger partial charge < -0.3 is 4.74 Å². The quantitative estimate of drug-likeness (QED) is 0.486. The van der Waals surface area contributed by atoms with E-state index in [1.165, 1.54) is 13.2 Å². The van der Waals surface area contributed by atoms with Gasteiger partial charge in [-0.05, 0) is 29.8 Å². The van der Waals surface area contributed by atoms with E-state index < -0.39 is 5.97 Å². The van der Waals surface area contributed by atoms with Crippen molar-refractivity contribution in [3.05, 3.63) is 76.3 Å². The largest absolute Gasteiger partial charge is 0.465 e. The molecule has 0 unspecified atom stereocenters. The van der Waals surface area contributed by atoms with Crippen LogP contribution in [0.1, 0.15) is 26.3 Å². The van der Waals surface area contributed by atoms with Gasteiger partial charge in [0, 0.05) is 5.56 Å². The summed E-state index contributed by atoms with van der Waals surface area (Å²) in [5.41, 5.74) is 1.44. The Kier molecular flexibility index (Phi) is 4.90. The fourth-order valence-electron chi connectivity index (χ4n) is 1.85. The second-order valence-electron chi connectivity index (χ2n) is 4.26. The second-order valence-corrected chi connectivity index (χ2v) is 4.66. The van der Waals surface area contributed by atoms with Gasteiger partial charge in [-0.15, -0.1) is 0 Å². The number of carbonyl (C=O) groups excluding carboxylic acids is 2. The number of hydrogen-bond acceptors (Lipinski definition) is 3. The number of esters is 1. The fourth-order valence-corrected chi connectivity index (χ4v) is 2.08. The molecule has 0 aromatic heterocycles. The van der Waals surface area contributed by atoms with E-state index in [0.717, 1.165) is 0 Å². The molecule has 0 aliphatic rings. The van der Waals surface area contributed by atoms with E-state index in [4.69, 9.17) is 16.3 Å². The molecule has 2 rings (SSSR count). The predicted molar refractivity (Wildman–Crippen MR) is 82.6 cm³/mol. The topological polar surface area (TPSA) is 43.4 Å². The van der Waals surface area contributed by atoms with Crippen LogP contribution in [0.2, 0.25) is 5.02 Å². The molecule has 0 saturated heterocycles. The Morgan fingerprint density at radius 3 is 2.29 bits per heavy atom. The molecule has 0 atom stereocenters. The van der Waals surface area contributed by atoms with Crippen molar-refractivity contribution in [1.29, 1.82) is 0 Å². The Morgan fingerprint density at radius 1 is 1.00 bits per heavy atom. The lowest BCUT2D eigenvalue weighted by Gasteiger charge is -2.03. The molecule has 0 bridgehead atoms. The van der Waals surface area contributed by atoms with Crippen molar-refractivity contribution in [3.63, 3.8) is 0 Å². The van der Waals surface area contributed by atoms with Gasteiger partial charge in [0.2, 0.25) is 0 Å². The molecule has 4 heteroatoms. The van der Waals surface area contributed by atoms with E-state index in [-0.39, 0.29) is 5.78 Å². The highest BCUT2D eigenvalue weighted by Crippen LogP contribution is 2.17. The normalized spacial score (nSPS) is 10.6. The number of halogens is 1. The molecule has 0 aliphatic heterocycles. The molecular weight excluding hydrogens is 288 g/mol. The first-order valence-corrected chi connectivity index (χ1v) is 6.65. The van der Waals surface area contributed by atoms with E-state index in [1.807, 2.05) is 0 Å². The first kappa shape index (κ1) is 15.0. The number of hydrogen-bond donors (Lipinski definition) is 0. The summed E-state index contributed by atoms with van der Waals surface area (Å²) < 4.78 is 4.71. The Bertz CT molecular complexity index is 705. The van der Waals surface area contributed by atoms with E-state index in [9.17, 15) is 9.59 Å². The summed E-state index contributed by atoms with van der Waals surface area (Å²) >= 11 is 5.98. The SMILES string of the molecule is COC(=O)c1ccccc1/C=C/C(=O)c1ccccc1Cl. The van der Waals surface area contributed by atoms with Crippen LogP contribution in [0.5, 0.6) is 0 Å². The van der Waals surface area contributed by atoms with Crippen LogP contribution in [-0.2, 0) is 4.74 Å². The molecule has 0 fully saturated rings. The lowest BCUT2D eigenvalue weighted by Crippen LogP contribution is -2.03. The number of allylic oxidation sites excluding steroid dienone is 1. The maximum Gasteiger partial charge on any atom is 0.338 e. The third-order valence-electron chi connectivity index (χ3n) is 2.92. The van der Waals surface area contributed by atoms with Crippen LogP contribution in [0.15, 0.2) is 54.6 Å². The van der Waals surface area contributed by atoms with Crippen LogP contribution in [0.3, 0.4) is 0 Å². The van der Waals surface area contributed by atoms with Gasteiger partial charge in [-0.25, -0.2) is 4.79 Å². The summed E-state index contributed by atoms with van der Waals surface area (Å²) in [6.07, 6.45) is 2.97. The van der Waals surface area contributed by atoms with Crippen LogP contribution in [0, 0.1) is 0 Å². The van der Waals surface area contributed by atoms with E-state index in [2.05, 4.69) is 0 Å². The van der Waals surface area contributed by atoms with Gasteiger partial charge in [0.05, 0.1) is 17.7 Å². The van der Waals surface area contributed by atoms with Gasteiger partial charge in [0.1, 0.15) is 0 Å². The summed E-state index contributed by atoms with van der Waals surface area (Å²) in [5.74, 6) is -0.666. The third kappa shape index (κ3) is 3.58. The van der Waals surface area contributed by atoms with E-state index in [1.54, 1.807) is 54.6 Å². The zero-order chi connectivity index (χ0) is 15.2. The van der Waals surface area contributed by atoms with Crippen LogP contribution in [-0.4, -0.2) is 18.9 Å². The number of rotatable bonds is 4. The average Bonchev–Trinajstić information content (AvgIpc) is 2.52. The monoisotopic (exact) mass is 300 g/mol. The highest BCUT2D eigenvalue weighted by atomic mass is 35.5. The molecule has 0 spiro atoms. The van der Waals surface area contributed by atoms with Gasteiger partial charge in [-0.3, -0.25) is 4.79 Å². The molecule has 0 radical (unpaired) electrons. The molecule has 0 aliphatic carbocycles. The number of ether oxygens (including phenoxy) is 1. The number of methoxy groups -OCH3 is 1. The van der Waals surface area contributed by atoms with Gasteiger partial charge in [-0.1, -0.05) is 48.0 Å². The molecule has 3 nitrogen and oxygen atoms in total. The summed E-state index contributed by atoms with van der Waals surface area (Å²) in [4.78, 5) is 23.7. The minimum absolute atomic E-state index is 0.222. The first-order chi connectivity index (χ1) is 10.1. The molecular formula is C17H13ClO3. The predicted octanol–water partition coefficient (Wildman–Crippen LogP) is 4.02. The first-order valence-electron chi connectivity index (χ1n) is 6.27. The van der Waals surface area contributed by atoms with Crippen LogP contribution >= 0.6 is 11.6 Å². The molecule has 0 saturated carbocycles. The minimum Gasteiger partial charge on any atom is -0.465 e. The summed E-state index contributed by atoms with van der Waals surface area (Å²) in [6.45, 7) is 0. The number of carbonyl (C=O) groups is 2. The van der Waals surface area contributed by atoms with Crippen molar-refractivity contribution in [2.24, 2.45) is 0 Å². The van der Waals surface area contributed by atoms with Gasteiger partial charge in [0.15, 0.2) is 5.78 Å². The zero-order valence-electron chi connectivity index (χ0n) is 11.4. The molecule has 21 heavy (non-hydrogen) atoms. The van der Waals surface area contributed by atoms with Crippen LogP contribution < -0.4 is 0 Å². The summed E-state index contributed by atoms with van der Waals surface area (Å²) in [5, 5.41) is 0.397. The van der Waals surface area contributed by atoms with Gasteiger partial charge in [0.25, 0.3) is 0 Å². The van der Waals surface area contributed by atoms with E-state index >= 15 is 0 Å². The second kappa shape index (κ2) is 6.86. The maximum atomic E-state index is 12.1. The Morgan fingerprint density at radius 2 is 1.62 bits per heavy atom. The van der Waals surface area contributed by atoms with Crippen molar-refractivity contribution >= 4 is 29.4 Å².